The van der Waals surface area contributed by atoms with Crippen molar-refractivity contribution in [2.45, 2.75) is 32.4 Å². The van der Waals surface area contributed by atoms with Crippen LogP contribution in [0.2, 0.25) is 0 Å². The van der Waals surface area contributed by atoms with Crippen molar-refractivity contribution >= 4 is 5.96 Å². The van der Waals surface area contributed by atoms with Crippen LogP contribution in [-0.4, -0.2) is 36.5 Å². The lowest BCUT2D eigenvalue weighted by molar-refractivity contribution is 0.198. The van der Waals surface area contributed by atoms with Gasteiger partial charge in [0.05, 0.1) is 0 Å². The monoisotopic (exact) mass is 275 g/mol. The van der Waals surface area contributed by atoms with Gasteiger partial charge in [-0.3, -0.25) is 15.3 Å². The molecule has 0 amide bonds. The fourth-order valence-electron chi connectivity index (χ4n) is 2.56. The summed E-state index contributed by atoms with van der Waals surface area (Å²) in [6.07, 6.45) is 2.24. The zero-order chi connectivity index (χ0) is 14.2. The molecule has 0 spiro atoms. The number of nitrogens with zero attached hydrogens (tertiary/aromatic N) is 2. The Balaban J connectivity index is 1.76. The predicted octanol–water partition coefficient (Wildman–Crippen LogP) is 1.08. The molecule has 0 aromatic heterocycles. The van der Waals surface area contributed by atoms with Gasteiger partial charge in [0.25, 0.3) is 0 Å². The Morgan fingerprint density at radius 3 is 2.60 bits per heavy atom. The summed E-state index contributed by atoms with van der Waals surface area (Å²) in [6.45, 7) is 5.99. The topological polar surface area (TPSA) is 65.7 Å². The third-order valence-electron chi connectivity index (χ3n) is 3.63. The molecule has 0 unspecified atom stereocenters. The number of nitrogens with two attached hydrogens (primary N) is 1. The molecular formula is C15H25N5. The van der Waals surface area contributed by atoms with Crippen molar-refractivity contribution in [3.05, 3.63) is 35.9 Å². The molecule has 1 heterocycles. The first-order valence-corrected chi connectivity index (χ1v) is 7.35. The molecule has 1 aromatic rings. The molecule has 0 atom stereocenters. The molecular weight excluding hydrogens is 250 g/mol. The van der Waals surface area contributed by atoms with E-state index in [2.05, 4.69) is 51.0 Å². The maximum absolute atomic E-state index is 5.45. The second-order valence-corrected chi connectivity index (χ2v) is 5.15. The van der Waals surface area contributed by atoms with Crippen molar-refractivity contribution in [2.75, 3.05) is 19.6 Å². The van der Waals surface area contributed by atoms with Gasteiger partial charge >= 0.3 is 0 Å². The quantitative estimate of drug-likeness (QED) is 0.333. The molecule has 110 valence electrons. The largest absolute Gasteiger partial charge is 0.353 e. The smallest absolute Gasteiger partial charge is 0.205 e. The van der Waals surface area contributed by atoms with Gasteiger partial charge in [-0.1, -0.05) is 30.3 Å². The maximum atomic E-state index is 5.45. The van der Waals surface area contributed by atoms with Crippen LogP contribution >= 0.6 is 0 Å². The van der Waals surface area contributed by atoms with E-state index in [0.717, 1.165) is 39.0 Å². The van der Waals surface area contributed by atoms with E-state index in [1.807, 2.05) is 6.92 Å². The van der Waals surface area contributed by atoms with E-state index in [1.165, 1.54) is 5.56 Å². The summed E-state index contributed by atoms with van der Waals surface area (Å²) >= 11 is 0. The molecule has 1 aromatic carbocycles. The number of piperidine rings is 1. The van der Waals surface area contributed by atoms with Crippen LogP contribution in [0.25, 0.3) is 0 Å². The Morgan fingerprint density at radius 1 is 1.30 bits per heavy atom. The number of guanidine groups is 1. The van der Waals surface area contributed by atoms with Crippen molar-refractivity contribution in [1.29, 1.82) is 0 Å². The van der Waals surface area contributed by atoms with Crippen LogP contribution in [0.4, 0.5) is 0 Å². The van der Waals surface area contributed by atoms with Gasteiger partial charge in [-0.05, 0) is 25.3 Å². The molecule has 2 rings (SSSR count). The minimum Gasteiger partial charge on any atom is -0.353 e. The fourth-order valence-corrected chi connectivity index (χ4v) is 2.56. The summed E-state index contributed by atoms with van der Waals surface area (Å²) in [7, 11) is 0. The summed E-state index contributed by atoms with van der Waals surface area (Å²) in [5, 5.41) is 3.38. The van der Waals surface area contributed by atoms with E-state index < -0.39 is 0 Å². The van der Waals surface area contributed by atoms with Crippen LogP contribution in [-0.2, 0) is 6.54 Å². The Hall–Kier alpha value is -1.59. The summed E-state index contributed by atoms with van der Waals surface area (Å²) in [5.74, 6) is 6.15. The highest BCUT2D eigenvalue weighted by atomic mass is 15.3. The Labute approximate surface area is 121 Å². The van der Waals surface area contributed by atoms with Gasteiger partial charge in [-0.15, -0.1) is 0 Å². The molecule has 0 radical (unpaired) electrons. The van der Waals surface area contributed by atoms with E-state index in [4.69, 9.17) is 5.84 Å². The second kappa shape index (κ2) is 7.87. The maximum Gasteiger partial charge on any atom is 0.205 e. The molecule has 5 heteroatoms. The highest BCUT2D eigenvalue weighted by Gasteiger charge is 2.19. The summed E-state index contributed by atoms with van der Waals surface area (Å²) in [4.78, 5) is 6.78. The standard InChI is InChI=1S/C15H25N5/c1-2-17-15(19-16)18-14-8-10-20(11-9-14)12-13-6-4-3-5-7-13/h3-7,14H,2,8-12,16H2,1H3,(H2,17,18,19). The number of aliphatic imine (C=N–C) groups is 1. The van der Waals surface area contributed by atoms with Gasteiger partial charge in [0.15, 0.2) is 0 Å². The third kappa shape index (κ3) is 4.51. The average Bonchev–Trinajstić information content (AvgIpc) is 2.50. The van der Waals surface area contributed by atoms with Crippen LogP contribution in [0.3, 0.4) is 0 Å². The number of hydrogen-bond acceptors (Lipinski definition) is 3. The van der Waals surface area contributed by atoms with Crippen LogP contribution < -0.4 is 16.6 Å². The Bertz CT molecular complexity index is 410. The lowest BCUT2D eigenvalue weighted by Crippen LogP contribution is -2.50. The molecule has 1 aliphatic heterocycles. The highest BCUT2D eigenvalue weighted by molar-refractivity contribution is 5.79. The molecule has 1 aliphatic rings. The number of rotatable bonds is 4. The van der Waals surface area contributed by atoms with Gasteiger partial charge in [0, 0.05) is 32.2 Å². The predicted molar refractivity (Wildman–Crippen MR) is 83.2 cm³/mol. The third-order valence-corrected chi connectivity index (χ3v) is 3.63. The fraction of sp³-hybridized carbons (Fsp3) is 0.533. The number of hydrogen-bond donors (Lipinski definition) is 3. The average molecular weight is 275 g/mol. The van der Waals surface area contributed by atoms with Gasteiger partial charge < -0.3 is 5.32 Å². The van der Waals surface area contributed by atoms with Gasteiger partial charge in [-0.2, -0.15) is 0 Å². The minimum absolute atomic E-state index is 0.461. The molecule has 4 N–H and O–H groups in total. The molecule has 5 nitrogen and oxygen atoms in total. The minimum atomic E-state index is 0.461. The molecule has 0 aliphatic carbocycles. The zero-order valence-corrected chi connectivity index (χ0v) is 12.2. The van der Waals surface area contributed by atoms with Gasteiger partial charge in [0.2, 0.25) is 5.96 Å². The molecule has 0 bridgehead atoms. The zero-order valence-electron chi connectivity index (χ0n) is 12.2. The van der Waals surface area contributed by atoms with Crippen LogP contribution in [0.15, 0.2) is 35.3 Å². The SMILES string of the molecule is CCN=C(NN)NC1CCN(Cc2ccccc2)CC1. The van der Waals surface area contributed by atoms with Crippen LogP contribution in [0.1, 0.15) is 25.3 Å². The lowest BCUT2D eigenvalue weighted by atomic mass is 10.0. The molecule has 0 saturated carbocycles. The van der Waals surface area contributed by atoms with Crippen molar-refractivity contribution in [2.24, 2.45) is 10.8 Å². The van der Waals surface area contributed by atoms with Gasteiger partial charge in [0.1, 0.15) is 0 Å². The molecule has 1 saturated heterocycles. The van der Waals surface area contributed by atoms with Crippen molar-refractivity contribution < 1.29 is 0 Å². The first-order valence-electron chi connectivity index (χ1n) is 7.35. The summed E-state index contributed by atoms with van der Waals surface area (Å²) in [5.41, 5.74) is 4.01. The number of benzene rings is 1. The Morgan fingerprint density at radius 2 is 2.00 bits per heavy atom. The van der Waals surface area contributed by atoms with E-state index in [0.29, 0.717) is 12.0 Å². The van der Waals surface area contributed by atoms with Gasteiger partial charge in [-0.25, -0.2) is 5.84 Å². The van der Waals surface area contributed by atoms with Crippen LogP contribution in [0.5, 0.6) is 0 Å². The van der Waals surface area contributed by atoms with E-state index in [1.54, 1.807) is 0 Å². The summed E-state index contributed by atoms with van der Waals surface area (Å²) < 4.78 is 0. The van der Waals surface area contributed by atoms with E-state index in [-0.39, 0.29) is 0 Å². The van der Waals surface area contributed by atoms with Crippen molar-refractivity contribution in [3.8, 4) is 0 Å². The molecule has 20 heavy (non-hydrogen) atoms. The Kier molecular flexibility index (Phi) is 5.83. The molecule has 1 fully saturated rings. The van der Waals surface area contributed by atoms with Crippen LogP contribution in [0, 0.1) is 0 Å². The van der Waals surface area contributed by atoms with E-state index >= 15 is 0 Å². The van der Waals surface area contributed by atoms with Crippen molar-refractivity contribution in [1.82, 2.24) is 15.6 Å². The highest BCUT2D eigenvalue weighted by Crippen LogP contribution is 2.13. The normalized spacial score (nSPS) is 18.0. The number of nitrogens with one attached hydrogen (secondary N) is 2. The first-order chi connectivity index (χ1) is 9.81. The first kappa shape index (κ1) is 14.8. The van der Waals surface area contributed by atoms with E-state index in [9.17, 15) is 0 Å². The summed E-state index contributed by atoms with van der Waals surface area (Å²) in [6, 6.07) is 11.1. The second-order valence-electron chi connectivity index (χ2n) is 5.15. The lowest BCUT2D eigenvalue weighted by Gasteiger charge is -2.32. The van der Waals surface area contributed by atoms with Crippen molar-refractivity contribution in [3.63, 3.8) is 0 Å². The number of likely N-dealkylation sites (tertiary alicyclic amines) is 1. The number of hydrazine groups is 1.